The molecule has 0 aromatic heterocycles. The van der Waals surface area contributed by atoms with Crippen molar-refractivity contribution in [1.82, 2.24) is 10.6 Å². The zero-order chi connectivity index (χ0) is 22.5. The van der Waals surface area contributed by atoms with Gasteiger partial charge in [-0.15, -0.1) is 0 Å². The van der Waals surface area contributed by atoms with Crippen molar-refractivity contribution in [2.24, 2.45) is 0 Å². The molecule has 6 nitrogen and oxygen atoms in total. The van der Waals surface area contributed by atoms with Crippen LogP contribution >= 0.6 is 0 Å². The normalized spacial score (nSPS) is 15.0. The number of anilines is 2. The predicted molar refractivity (Wildman–Crippen MR) is 110 cm³/mol. The topological polar surface area (TPSA) is 79.5 Å². The monoisotopic (exact) mass is 435 g/mol. The van der Waals surface area contributed by atoms with E-state index in [0.717, 1.165) is 18.1 Å². The van der Waals surface area contributed by atoms with Gasteiger partial charge in [0.2, 0.25) is 11.8 Å². The summed E-state index contributed by atoms with van der Waals surface area (Å²) >= 11 is 0. The van der Waals surface area contributed by atoms with Crippen LogP contribution in [0.4, 0.5) is 24.5 Å². The molecule has 3 N–H and O–H groups in total. The van der Waals surface area contributed by atoms with Gasteiger partial charge in [0.05, 0.1) is 11.3 Å². The number of carbonyl (C=O) groups is 2. The summed E-state index contributed by atoms with van der Waals surface area (Å²) in [5.41, 5.74) is -0.407. The molecule has 3 rings (SSSR count). The summed E-state index contributed by atoms with van der Waals surface area (Å²) in [4.78, 5) is 24.4. The van der Waals surface area contributed by atoms with Gasteiger partial charge in [0.25, 0.3) is 0 Å². The smallest absolute Gasteiger partial charge is 0.375 e. The highest BCUT2D eigenvalue weighted by Crippen LogP contribution is 2.36. The van der Waals surface area contributed by atoms with E-state index >= 15 is 0 Å². The lowest BCUT2D eigenvalue weighted by Gasteiger charge is -2.40. The molecule has 0 saturated heterocycles. The fourth-order valence-corrected chi connectivity index (χ4v) is 3.43. The van der Waals surface area contributed by atoms with E-state index in [1.54, 1.807) is 24.3 Å². The Labute approximate surface area is 178 Å². The second kappa shape index (κ2) is 9.38. The molecule has 166 valence electrons. The van der Waals surface area contributed by atoms with Crippen molar-refractivity contribution in [2.75, 3.05) is 19.0 Å². The van der Waals surface area contributed by atoms with Crippen molar-refractivity contribution in [2.45, 2.75) is 37.5 Å². The van der Waals surface area contributed by atoms with Gasteiger partial charge in [-0.3, -0.25) is 9.59 Å². The van der Waals surface area contributed by atoms with Gasteiger partial charge in [0, 0.05) is 19.3 Å². The van der Waals surface area contributed by atoms with Crippen LogP contribution in [0.3, 0.4) is 0 Å². The molecule has 1 saturated carbocycles. The number of hydrogen-bond donors (Lipinski definition) is 3. The van der Waals surface area contributed by atoms with Crippen LogP contribution in [-0.4, -0.2) is 31.1 Å². The quantitative estimate of drug-likeness (QED) is 0.590. The zero-order valence-corrected chi connectivity index (χ0v) is 17.0. The number of amides is 2. The number of nitrogens with one attached hydrogen (secondary N) is 3. The first kappa shape index (κ1) is 22.6. The second-order valence-corrected chi connectivity index (χ2v) is 7.46. The number of benzene rings is 2. The number of hydrogen-bond acceptors (Lipinski definition) is 4. The Kier molecular flexibility index (Phi) is 6.84. The first-order chi connectivity index (χ1) is 14.7. The third kappa shape index (κ3) is 5.55. The van der Waals surface area contributed by atoms with Crippen molar-refractivity contribution in [3.63, 3.8) is 0 Å². The summed E-state index contributed by atoms with van der Waals surface area (Å²) in [6.45, 7) is 0.126. The predicted octanol–water partition coefficient (Wildman–Crippen LogP) is 3.75. The lowest BCUT2D eigenvalue weighted by Crippen LogP contribution is -2.63. The van der Waals surface area contributed by atoms with Crippen LogP contribution in [0.15, 0.2) is 48.5 Å². The van der Waals surface area contributed by atoms with E-state index in [4.69, 9.17) is 4.74 Å². The first-order valence-corrected chi connectivity index (χ1v) is 9.84. The molecule has 0 spiro atoms. The minimum Gasteiger partial charge on any atom is -0.375 e. The maximum absolute atomic E-state index is 13.1. The molecule has 0 aliphatic heterocycles. The summed E-state index contributed by atoms with van der Waals surface area (Å²) in [5, 5.41) is 8.35. The Morgan fingerprint density at radius 1 is 1.06 bits per heavy atom. The van der Waals surface area contributed by atoms with E-state index in [-0.39, 0.29) is 30.7 Å². The third-order valence-electron chi connectivity index (χ3n) is 5.21. The number of ether oxygens (including phenoxy) is 1. The van der Waals surface area contributed by atoms with Crippen LogP contribution in [0.5, 0.6) is 0 Å². The molecule has 0 heterocycles. The van der Waals surface area contributed by atoms with Crippen LogP contribution in [0.1, 0.15) is 30.4 Å². The van der Waals surface area contributed by atoms with Crippen LogP contribution in [-0.2, 0) is 27.0 Å². The highest BCUT2D eigenvalue weighted by Gasteiger charge is 2.45. The highest BCUT2D eigenvalue weighted by atomic mass is 19.4. The largest absolute Gasteiger partial charge is 0.418 e. The van der Waals surface area contributed by atoms with Gasteiger partial charge in [-0.2, -0.15) is 13.2 Å². The van der Waals surface area contributed by atoms with E-state index in [9.17, 15) is 22.8 Å². The Balaban J connectivity index is 1.59. The minimum absolute atomic E-state index is 0.0326. The molecule has 1 aliphatic rings. The molecular weight excluding hydrogens is 411 g/mol. The molecule has 2 aromatic rings. The number of rotatable bonds is 8. The maximum Gasteiger partial charge on any atom is 0.418 e. The Bertz CT molecular complexity index is 926. The minimum atomic E-state index is -4.45. The van der Waals surface area contributed by atoms with Gasteiger partial charge in [-0.05, 0) is 49.1 Å². The Hall–Kier alpha value is -3.07. The van der Waals surface area contributed by atoms with Crippen molar-refractivity contribution >= 4 is 23.2 Å². The molecule has 2 amide bonds. The van der Waals surface area contributed by atoms with E-state index in [1.165, 1.54) is 25.3 Å². The molecule has 0 radical (unpaired) electrons. The average molecular weight is 435 g/mol. The summed E-state index contributed by atoms with van der Waals surface area (Å²) in [6, 6.07) is 12.0. The van der Waals surface area contributed by atoms with Gasteiger partial charge >= 0.3 is 6.18 Å². The molecule has 1 aliphatic carbocycles. The molecule has 0 bridgehead atoms. The van der Waals surface area contributed by atoms with Gasteiger partial charge < -0.3 is 20.7 Å². The Morgan fingerprint density at radius 3 is 2.32 bits per heavy atom. The van der Waals surface area contributed by atoms with Gasteiger partial charge in [-0.1, -0.05) is 24.3 Å². The van der Waals surface area contributed by atoms with Gasteiger partial charge in [-0.25, -0.2) is 0 Å². The van der Waals surface area contributed by atoms with E-state index in [0.29, 0.717) is 18.5 Å². The average Bonchev–Trinajstić information content (AvgIpc) is 2.70. The molecular formula is C22H24F3N3O3. The number of methoxy groups -OCH3 is 1. The van der Waals surface area contributed by atoms with Crippen LogP contribution in [0, 0.1) is 0 Å². The highest BCUT2D eigenvalue weighted by molar-refractivity contribution is 5.92. The summed E-state index contributed by atoms with van der Waals surface area (Å²) < 4.78 is 44.2. The van der Waals surface area contributed by atoms with Gasteiger partial charge in [0.15, 0.2) is 0 Å². The fraction of sp³-hybridized carbons (Fsp3) is 0.364. The van der Waals surface area contributed by atoms with Crippen molar-refractivity contribution < 1.29 is 27.5 Å². The van der Waals surface area contributed by atoms with Crippen LogP contribution in [0.2, 0.25) is 0 Å². The molecule has 2 aromatic carbocycles. The van der Waals surface area contributed by atoms with Crippen LogP contribution in [0.25, 0.3) is 0 Å². The van der Waals surface area contributed by atoms with Crippen molar-refractivity contribution in [3.8, 4) is 0 Å². The lowest BCUT2D eigenvalue weighted by atomic mass is 9.76. The zero-order valence-electron chi connectivity index (χ0n) is 17.0. The van der Waals surface area contributed by atoms with E-state index in [2.05, 4.69) is 16.0 Å². The number of carbonyl (C=O) groups excluding carboxylic acids is 2. The van der Waals surface area contributed by atoms with Crippen molar-refractivity contribution in [1.29, 1.82) is 0 Å². The van der Waals surface area contributed by atoms with Gasteiger partial charge in [0.1, 0.15) is 12.1 Å². The van der Waals surface area contributed by atoms with E-state index < -0.39 is 17.3 Å². The second-order valence-electron chi connectivity index (χ2n) is 7.46. The summed E-state index contributed by atoms with van der Waals surface area (Å²) in [6.07, 6.45) is -2.48. The summed E-state index contributed by atoms with van der Waals surface area (Å²) in [7, 11) is 1.41. The maximum atomic E-state index is 13.1. The lowest BCUT2D eigenvalue weighted by molar-refractivity contribution is -0.138. The van der Waals surface area contributed by atoms with Crippen molar-refractivity contribution in [3.05, 3.63) is 59.7 Å². The SMILES string of the molecule is COCC(=O)NC1(C(=O)NCc2ccc(Nc3ccccc3C(F)(F)F)cc2)CCC1. The third-order valence-corrected chi connectivity index (χ3v) is 5.21. The van der Waals surface area contributed by atoms with Crippen LogP contribution < -0.4 is 16.0 Å². The molecule has 0 unspecified atom stereocenters. The molecule has 31 heavy (non-hydrogen) atoms. The molecule has 0 atom stereocenters. The molecule has 1 fully saturated rings. The number of halogens is 3. The fourth-order valence-electron chi connectivity index (χ4n) is 3.43. The molecule has 9 heteroatoms. The number of alkyl halides is 3. The summed E-state index contributed by atoms with van der Waals surface area (Å²) in [5.74, 6) is -0.601. The standard InChI is InChI=1S/C22H24F3N3O3/c1-31-14-19(29)28-21(11-4-12-21)20(30)26-13-15-7-9-16(10-8-15)27-18-6-3-2-5-17(18)22(23,24)25/h2-3,5-10,27H,4,11-14H2,1H3,(H,26,30)(H,28,29). The Morgan fingerprint density at radius 2 is 1.74 bits per heavy atom. The first-order valence-electron chi connectivity index (χ1n) is 9.84. The van der Waals surface area contributed by atoms with E-state index in [1.807, 2.05) is 0 Å². The number of para-hydroxylation sites is 1.